The molecule has 1 aliphatic carbocycles. The molecule has 0 aromatic heterocycles. The molecule has 1 nitrogen and oxygen atoms in total. The van der Waals surface area contributed by atoms with Crippen molar-refractivity contribution in [3.05, 3.63) is 0 Å². The van der Waals surface area contributed by atoms with Gasteiger partial charge in [0.2, 0.25) is 0 Å². The predicted octanol–water partition coefficient (Wildman–Crippen LogP) is 4.08. The van der Waals surface area contributed by atoms with Crippen LogP contribution >= 0.6 is 0 Å². The van der Waals surface area contributed by atoms with E-state index in [1.807, 2.05) is 0 Å². The van der Waals surface area contributed by atoms with Gasteiger partial charge in [-0.1, -0.05) is 34.6 Å². The summed E-state index contributed by atoms with van der Waals surface area (Å²) in [5.74, 6) is 3.74. The number of hydrogen-bond donors (Lipinski definition) is 1. The lowest BCUT2D eigenvalue weighted by Crippen LogP contribution is -2.30. The average Bonchev–Trinajstić information content (AvgIpc) is 2.12. The van der Waals surface area contributed by atoms with Crippen molar-refractivity contribution >= 4 is 0 Å². The molecule has 0 heterocycles. The Kier molecular flexibility index (Phi) is 5.82. The zero-order valence-electron chi connectivity index (χ0n) is 11.9. The average molecular weight is 225 g/mol. The molecular weight excluding hydrogens is 194 g/mol. The van der Waals surface area contributed by atoms with Crippen molar-refractivity contribution in [2.75, 3.05) is 6.54 Å². The molecule has 1 heteroatoms. The van der Waals surface area contributed by atoms with Crippen molar-refractivity contribution in [1.29, 1.82) is 0 Å². The molecule has 0 aliphatic heterocycles. The van der Waals surface area contributed by atoms with Gasteiger partial charge in [0.05, 0.1) is 0 Å². The van der Waals surface area contributed by atoms with Gasteiger partial charge in [-0.2, -0.15) is 0 Å². The van der Waals surface area contributed by atoms with E-state index in [1.165, 1.54) is 32.2 Å². The van der Waals surface area contributed by atoms with Gasteiger partial charge in [-0.05, 0) is 55.9 Å². The van der Waals surface area contributed by atoms with E-state index in [0.29, 0.717) is 6.04 Å². The van der Waals surface area contributed by atoms with Crippen molar-refractivity contribution in [1.82, 2.24) is 5.32 Å². The monoisotopic (exact) mass is 225 g/mol. The Morgan fingerprint density at radius 2 is 1.56 bits per heavy atom. The van der Waals surface area contributed by atoms with Gasteiger partial charge >= 0.3 is 0 Å². The first-order valence-corrected chi connectivity index (χ1v) is 7.20. The molecule has 3 unspecified atom stereocenters. The first-order chi connectivity index (χ1) is 7.47. The normalized spacial score (nSPS) is 33.0. The highest BCUT2D eigenvalue weighted by Crippen LogP contribution is 2.35. The summed E-state index contributed by atoms with van der Waals surface area (Å²) in [6.45, 7) is 12.9. The van der Waals surface area contributed by atoms with E-state index in [0.717, 1.165) is 23.7 Å². The largest absolute Gasteiger partial charge is 0.314 e. The molecule has 0 amide bonds. The molecule has 0 bridgehead atoms. The summed E-state index contributed by atoms with van der Waals surface area (Å²) in [6, 6.07) is 0.631. The maximum Gasteiger partial charge on any atom is 0.00104 e. The van der Waals surface area contributed by atoms with Crippen molar-refractivity contribution in [3.63, 3.8) is 0 Å². The molecule has 1 saturated carbocycles. The third-order valence-corrected chi connectivity index (χ3v) is 3.89. The minimum Gasteiger partial charge on any atom is -0.314 e. The lowest BCUT2D eigenvalue weighted by atomic mass is 9.74. The maximum atomic E-state index is 3.56. The summed E-state index contributed by atoms with van der Waals surface area (Å²) in [5.41, 5.74) is 0. The van der Waals surface area contributed by atoms with Crippen LogP contribution in [0.3, 0.4) is 0 Å². The Bertz CT molecular complexity index is 178. The summed E-state index contributed by atoms with van der Waals surface area (Å²) in [6.07, 6.45) is 5.82. The van der Waals surface area contributed by atoms with E-state index in [2.05, 4.69) is 39.9 Å². The highest BCUT2D eigenvalue weighted by Gasteiger charge is 2.24. The van der Waals surface area contributed by atoms with Crippen molar-refractivity contribution in [3.8, 4) is 0 Å². The van der Waals surface area contributed by atoms with Gasteiger partial charge in [0.15, 0.2) is 0 Å². The standard InChI is InChI=1S/C15H31N/c1-11(2)16-10-14(5)9-15-7-12(3)6-13(4)8-15/h11-16H,6-10H2,1-5H3. The molecule has 0 saturated heterocycles. The van der Waals surface area contributed by atoms with E-state index in [4.69, 9.17) is 0 Å². The predicted molar refractivity (Wildman–Crippen MR) is 72.6 cm³/mol. The van der Waals surface area contributed by atoms with Gasteiger partial charge in [0.25, 0.3) is 0 Å². The van der Waals surface area contributed by atoms with Crippen molar-refractivity contribution < 1.29 is 0 Å². The van der Waals surface area contributed by atoms with Gasteiger partial charge in [0, 0.05) is 6.04 Å². The van der Waals surface area contributed by atoms with Crippen LogP contribution < -0.4 is 5.32 Å². The second kappa shape index (κ2) is 6.64. The molecule has 1 fully saturated rings. The van der Waals surface area contributed by atoms with E-state index >= 15 is 0 Å². The molecular formula is C15H31N. The molecule has 0 aromatic rings. The molecule has 1 aliphatic rings. The van der Waals surface area contributed by atoms with Crippen molar-refractivity contribution in [2.45, 2.75) is 66.3 Å². The minimum atomic E-state index is 0.631. The van der Waals surface area contributed by atoms with E-state index < -0.39 is 0 Å². The Labute approximate surface area is 102 Å². The van der Waals surface area contributed by atoms with E-state index in [1.54, 1.807) is 0 Å². The third kappa shape index (κ3) is 5.34. The van der Waals surface area contributed by atoms with Crippen LogP contribution in [0.1, 0.15) is 60.3 Å². The highest BCUT2D eigenvalue weighted by atomic mass is 14.9. The Hall–Kier alpha value is -0.0400. The summed E-state index contributed by atoms with van der Waals surface area (Å²) < 4.78 is 0. The molecule has 0 radical (unpaired) electrons. The smallest absolute Gasteiger partial charge is 0.00104 e. The molecule has 16 heavy (non-hydrogen) atoms. The Morgan fingerprint density at radius 3 is 2.06 bits per heavy atom. The van der Waals surface area contributed by atoms with Crippen LogP contribution in [-0.4, -0.2) is 12.6 Å². The summed E-state index contributed by atoms with van der Waals surface area (Å²) in [7, 11) is 0. The van der Waals surface area contributed by atoms with E-state index in [-0.39, 0.29) is 0 Å². The van der Waals surface area contributed by atoms with Crippen LogP contribution in [0.5, 0.6) is 0 Å². The van der Waals surface area contributed by atoms with E-state index in [9.17, 15) is 0 Å². The molecule has 1 rings (SSSR count). The maximum absolute atomic E-state index is 3.56. The number of hydrogen-bond acceptors (Lipinski definition) is 1. The fraction of sp³-hybridized carbons (Fsp3) is 1.00. The van der Waals surface area contributed by atoms with Gasteiger partial charge in [-0.3, -0.25) is 0 Å². The zero-order valence-corrected chi connectivity index (χ0v) is 11.9. The van der Waals surface area contributed by atoms with Gasteiger partial charge in [-0.25, -0.2) is 0 Å². The van der Waals surface area contributed by atoms with Crippen LogP contribution in [0.25, 0.3) is 0 Å². The fourth-order valence-electron chi connectivity index (χ4n) is 3.40. The topological polar surface area (TPSA) is 12.0 Å². The zero-order chi connectivity index (χ0) is 12.1. The van der Waals surface area contributed by atoms with Gasteiger partial charge in [-0.15, -0.1) is 0 Å². The van der Waals surface area contributed by atoms with Crippen LogP contribution in [0.15, 0.2) is 0 Å². The van der Waals surface area contributed by atoms with Crippen LogP contribution in [0.2, 0.25) is 0 Å². The van der Waals surface area contributed by atoms with Crippen LogP contribution in [0.4, 0.5) is 0 Å². The number of nitrogens with one attached hydrogen (secondary N) is 1. The Morgan fingerprint density at radius 1 is 1.00 bits per heavy atom. The minimum absolute atomic E-state index is 0.631. The third-order valence-electron chi connectivity index (χ3n) is 3.89. The van der Waals surface area contributed by atoms with Gasteiger partial charge < -0.3 is 5.32 Å². The molecule has 0 aromatic carbocycles. The lowest BCUT2D eigenvalue weighted by Gasteiger charge is -2.33. The summed E-state index contributed by atoms with van der Waals surface area (Å²) >= 11 is 0. The first kappa shape index (κ1) is 14.0. The Balaban J connectivity index is 2.24. The molecule has 96 valence electrons. The highest BCUT2D eigenvalue weighted by molar-refractivity contribution is 4.76. The quantitative estimate of drug-likeness (QED) is 0.743. The number of rotatable bonds is 5. The second-order valence-corrected chi connectivity index (χ2v) is 6.69. The fourth-order valence-corrected chi connectivity index (χ4v) is 3.40. The molecule has 1 N–H and O–H groups in total. The van der Waals surface area contributed by atoms with Gasteiger partial charge in [0.1, 0.15) is 0 Å². The first-order valence-electron chi connectivity index (χ1n) is 7.20. The summed E-state index contributed by atoms with van der Waals surface area (Å²) in [4.78, 5) is 0. The second-order valence-electron chi connectivity index (χ2n) is 6.69. The lowest BCUT2D eigenvalue weighted by molar-refractivity contribution is 0.190. The van der Waals surface area contributed by atoms with Crippen molar-refractivity contribution in [2.24, 2.45) is 23.7 Å². The summed E-state index contributed by atoms with van der Waals surface area (Å²) in [5, 5.41) is 3.56. The van der Waals surface area contributed by atoms with Crippen LogP contribution in [-0.2, 0) is 0 Å². The molecule has 0 spiro atoms. The van der Waals surface area contributed by atoms with Crippen LogP contribution in [0, 0.1) is 23.7 Å². The SMILES string of the molecule is CC(CNC(C)C)CC1CC(C)CC(C)C1. The molecule has 3 atom stereocenters.